The van der Waals surface area contributed by atoms with Gasteiger partial charge in [0, 0.05) is 12.6 Å². The predicted octanol–water partition coefficient (Wildman–Crippen LogP) is 1.25. The quantitative estimate of drug-likeness (QED) is 0.734. The van der Waals surface area contributed by atoms with Gasteiger partial charge in [-0.25, -0.2) is 17.5 Å². The summed E-state index contributed by atoms with van der Waals surface area (Å²) in [7, 11) is -3.73. The van der Waals surface area contributed by atoms with Gasteiger partial charge in [0.2, 0.25) is 10.0 Å². The first kappa shape index (κ1) is 13.5. The van der Waals surface area contributed by atoms with Crippen LogP contribution >= 0.6 is 0 Å². The van der Waals surface area contributed by atoms with E-state index in [4.69, 9.17) is 0 Å². The molecule has 2 N–H and O–H groups in total. The van der Waals surface area contributed by atoms with E-state index in [-0.39, 0.29) is 4.90 Å². The minimum absolute atomic E-state index is 0.292. The fourth-order valence-corrected chi connectivity index (χ4v) is 2.78. The Morgan fingerprint density at radius 3 is 2.61 bits per heavy atom. The molecule has 100 valence electrons. The second-order valence-corrected chi connectivity index (χ2v) is 6.15. The molecular formula is C12H17FN2O2S. The van der Waals surface area contributed by atoms with Crippen molar-refractivity contribution < 1.29 is 12.8 Å². The van der Waals surface area contributed by atoms with E-state index in [0.717, 1.165) is 12.6 Å². The van der Waals surface area contributed by atoms with Crippen molar-refractivity contribution in [2.45, 2.75) is 30.2 Å². The molecule has 1 aliphatic rings. The molecule has 1 aliphatic carbocycles. The van der Waals surface area contributed by atoms with Crippen LogP contribution in [0, 0.1) is 5.82 Å². The largest absolute Gasteiger partial charge is 0.314 e. The van der Waals surface area contributed by atoms with Crippen molar-refractivity contribution in [2.75, 3.05) is 13.1 Å². The van der Waals surface area contributed by atoms with E-state index in [1.807, 2.05) is 0 Å². The maximum absolute atomic E-state index is 13.3. The highest BCUT2D eigenvalue weighted by Gasteiger charge is 2.20. The molecule has 4 nitrogen and oxygen atoms in total. The molecule has 0 unspecified atom stereocenters. The second-order valence-electron chi connectivity index (χ2n) is 4.41. The summed E-state index contributed by atoms with van der Waals surface area (Å²) in [5.41, 5.74) is 0. The maximum Gasteiger partial charge on any atom is 0.243 e. The van der Waals surface area contributed by atoms with Crippen LogP contribution in [0.4, 0.5) is 4.39 Å². The third kappa shape index (κ3) is 3.76. The Balaban J connectivity index is 1.81. The van der Waals surface area contributed by atoms with Crippen molar-refractivity contribution in [1.29, 1.82) is 0 Å². The Kier molecular flexibility index (Phi) is 4.31. The average molecular weight is 272 g/mol. The van der Waals surface area contributed by atoms with Gasteiger partial charge >= 0.3 is 0 Å². The average Bonchev–Trinajstić information content (AvgIpc) is 3.13. The van der Waals surface area contributed by atoms with Crippen LogP contribution in [0.25, 0.3) is 0 Å². The number of nitrogens with one attached hydrogen (secondary N) is 2. The molecule has 0 amide bonds. The number of benzene rings is 1. The van der Waals surface area contributed by atoms with Gasteiger partial charge in [0.05, 0.1) is 0 Å². The summed E-state index contributed by atoms with van der Waals surface area (Å²) in [5.74, 6) is -0.721. The van der Waals surface area contributed by atoms with Gasteiger partial charge in [0.25, 0.3) is 0 Å². The van der Waals surface area contributed by atoms with Crippen LogP contribution in [0.2, 0.25) is 0 Å². The standard InChI is InChI=1S/C12H17FN2O2S/c13-11-4-1-2-5-12(11)18(16,17)15-9-3-8-14-10-6-7-10/h1-2,4-5,10,14-15H,3,6-9H2. The van der Waals surface area contributed by atoms with Crippen LogP contribution in [-0.4, -0.2) is 27.5 Å². The van der Waals surface area contributed by atoms with Gasteiger partial charge in [0.1, 0.15) is 10.7 Å². The van der Waals surface area contributed by atoms with Crippen LogP contribution in [-0.2, 0) is 10.0 Å². The molecular weight excluding hydrogens is 255 g/mol. The van der Waals surface area contributed by atoms with Gasteiger partial charge in [-0.1, -0.05) is 12.1 Å². The summed E-state index contributed by atoms with van der Waals surface area (Å²) in [6.07, 6.45) is 3.12. The van der Waals surface area contributed by atoms with Crippen LogP contribution in [0.1, 0.15) is 19.3 Å². The highest BCUT2D eigenvalue weighted by molar-refractivity contribution is 7.89. The Labute approximate surface area is 107 Å². The first-order valence-electron chi connectivity index (χ1n) is 6.07. The maximum atomic E-state index is 13.3. The van der Waals surface area contributed by atoms with Gasteiger partial charge in [0.15, 0.2) is 0 Å². The molecule has 1 aromatic rings. The third-order valence-electron chi connectivity index (χ3n) is 2.78. The van der Waals surface area contributed by atoms with E-state index in [2.05, 4.69) is 10.0 Å². The zero-order chi connectivity index (χ0) is 13.0. The van der Waals surface area contributed by atoms with E-state index < -0.39 is 15.8 Å². The summed E-state index contributed by atoms with van der Waals surface area (Å²) < 4.78 is 39.3. The first-order valence-corrected chi connectivity index (χ1v) is 7.55. The van der Waals surface area contributed by atoms with Crippen molar-refractivity contribution >= 4 is 10.0 Å². The fourth-order valence-electron chi connectivity index (χ4n) is 1.63. The second kappa shape index (κ2) is 5.77. The van der Waals surface area contributed by atoms with Crippen molar-refractivity contribution in [3.05, 3.63) is 30.1 Å². The minimum Gasteiger partial charge on any atom is -0.314 e. The van der Waals surface area contributed by atoms with Crippen molar-refractivity contribution in [2.24, 2.45) is 0 Å². The van der Waals surface area contributed by atoms with E-state index in [1.54, 1.807) is 0 Å². The monoisotopic (exact) mass is 272 g/mol. The number of rotatable bonds is 7. The van der Waals surface area contributed by atoms with Crippen LogP contribution in [0.15, 0.2) is 29.2 Å². The van der Waals surface area contributed by atoms with Crippen LogP contribution < -0.4 is 10.0 Å². The molecule has 0 heterocycles. The van der Waals surface area contributed by atoms with E-state index in [9.17, 15) is 12.8 Å². The Hall–Kier alpha value is -0.980. The summed E-state index contributed by atoms with van der Waals surface area (Å²) >= 11 is 0. The highest BCUT2D eigenvalue weighted by Crippen LogP contribution is 2.18. The number of sulfonamides is 1. The van der Waals surface area contributed by atoms with Gasteiger partial charge < -0.3 is 5.32 Å². The van der Waals surface area contributed by atoms with E-state index in [1.165, 1.54) is 31.0 Å². The first-order chi connectivity index (χ1) is 8.59. The molecule has 6 heteroatoms. The van der Waals surface area contributed by atoms with Crippen LogP contribution in [0.3, 0.4) is 0 Å². The van der Waals surface area contributed by atoms with Gasteiger partial charge in [-0.2, -0.15) is 0 Å². The number of halogens is 1. The molecule has 0 aromatic heterocycles. The molecule has 2 rings (SSSR count). The molecule has 1 saturated carbocycles. The highest BCUT2D eigenvalue weighted by atomic mass is 32.2. The lowest BCUT2D eigenvalue weighted by Gasteiger charge is -2.07. The van der Waals surface area contributed by atoms with Gasteiger partial charge in [-0.05, 0) is 37.9 Å². The third-order valence-corrected chi connectivity index (χ3v) is 4.28. The molecule has 1 fully saturated rings. The molecule has 0 atom stereocenters. The minimum atomic E-state index is -3.73. The molecule has 0 bridgehead atoms. The molecule has 0 spiro atoms. The lowest BCUT2D eigenvalue weighted by molar-refractivity contribution is 0.552. The molecule has 0 saturated heterocycles. The molecule has 0 radical (unpaired) electrons. The van der Waals surface area contributed by atoms with E-state index >= 15 is 0 Å². The van der Waals surface area contributed by atoms with Crippen LogP contribution in [0.5, 0.6) is 0 Å². The summed E-state index contributed by atoms with van der Waals surface area (Å²) in [6.45, 7) is 1.10. The topological polar surface area (TPSA) is 58.2 Å². The smallest absolute Gasteiger partial charge is 0.243 e. The van der Waals surface area contributed by atoms with Crippen molar-refractivity contribution in [1.82, 2.24) is 10.0 Å². The van der Waals surface area contributed by atoms with Gasteiger partial charge in [-0.3, -0.25) is 0 Å². The normalized spacial score (nSPS) is 15.8. The van der Waals surface area contributed by atoms with Gasteiger partial charge in [-0.15, -0.1) is 0 Å². The Bertz CT molecular complexity index is 501. The lowest BCUT2D eigenvalue weighted by atomic mass is 10.4. The lowest BCUT2D eigenvalue weighted by Crippen LogP contribution is -2.28. The Morgan fingerprint density at radius 1 is 1.22 bits per heavy atom. The zero-order valence-corrected chi connectivity index (χ0v) is 10.8. The fraction of sp³-hybridized carbons (Fsp3) is 0.500. The van der Waals surface area contributed by atoms with Crippen molar-refractivity contribution in [3.8, 4) is 0 Å². The summed E-state index contributed by atoms with van der Waals surface area (Å²) in [4.78, 5) is -0.292. The summed E-state index contributed by atoms with van der Waals surface area (Å²) in [5, 5.41) is 3.29. The molecule has 1 aromatic carbocycles. The molecule has 0 aliphatic heterocycles. The predicted molar refractivity (Wildman–Crippen MR) is 67.2 cm³/mol. The number of hydrogen-bond donors (Lipinski definition) is 2. The van der Waals surface area contributed by atoms with E-state index in [0.29, 0.717) is 19.0 Å². The Morgan fingerprint density at radius 2 is 1.94 bits per heavy atom. The number of hydrogen-bond acceptors (Lipinski definition) is 3. The summed E-state index contributed by atoms with van der Waals surface area (Å²) in [6, 6.07) is 6.00. The SMILES string of the molecule is O=S(=O)(NCCCNC1CC1)c1ccccc1F. The van der Waals surface area contributed by atoms with Crippen molar-refractivity contribution in [3.63, 3.8) is 0 Å². The molecule has 18 heavy (non-hydrogen) atoms. The zero-order valence-electron chi connectivity index (χ0n) is 10.0.